The van der Waals surface area contributed by atoms with E-state index < -0.39 is 0 Å². The van der Waals surface area contributed by atoms with Crippen molar-refractivity contribution in [1.29, 1.82) is 0 Å². The van der Waals surface area contributed by atoms with Crippen LogP contribution >= 0.6 is 0 Å². The summed E-state index contributed by atoms with van der Waals surface area (Å²) in [6.07, 6.45) is 0. The molecule has 0 atom stereocenters. The molecule has 0 N–H and O–H groups in total. The molecular formula is C11H18N2. The van der Waals surface area contributed by atoms with E-state index in [9.17, 15) is 0 Å². The number of hydrogen-bond donors (Lipinski definition) is 0. The van der Waals surface area contributed by atoms with Gasteiger partial charge in [-0.3, -0.25) is 0 Å². The van der Waals surface area contributed by atoms with E-state index in [-0.39, 0.29) is 5.41 Å². The van der Waals surface area contributed by atoms with Crippen LogP contribution in [0.5, 0.6) is 0 Å². The fraction of sp³-hybridized carbons (Fsp3) is 0.636. The molecule has 0 aromatic carbocycles. The lowest BCUT2D eigenvalue weighted by Gasteiger charge is -2.23. The van der Waals surface area contributed by atoms with Crippen LogP contribution in [-0.2, 0) is 5.41 Å². The first-order valence-corrected chi connectivity index (χ1v) is 4.65. The van der Waals surface area contributed by atoms with Crippen LogP contribution < -0.4 is 0 Å². The highest BCUT2D eigenvalue weighted by Crippen LogP contribution is 2.28. The molecule has 0 aliphatic carbocycles. The molecule has 0 fully saturated rings. The minimum atomic E-state index is 0.162. The summed E-state index contributed by atoms with van der Waals surface area (Å²) in [7, 11) is 0. The topological polar surface area (TPSA) is 25.8 Å². The highest BCUT2D eigenvalue weighted by molar-refractivity contribution is 5.36. The third-order valence-corrected chi connectivity index (χ3v) is 2.38. The third kappa shape index (κ3) is 1.87. The lowest BCUT2D eigenvalue weighted by Crippen LogP contribution is -2.17. The molecule has 0 bridgehead atoms. The Morgan fingerprint density at radius 1 is 0.846 bits per heavy atom. The second-order valence-electron chi connectivity index (χ2n) is 4.62. The molecule has 0 aliphatic rings. The summed E-state index contributed by atoms with van der Waals surface area (Å²) in [5, 5.41) is 8.26. The normalized spacial score (nSPS) is 11.8. The molecule has 0 aliphatic heterocycles. The van der Waals surface area contributed by atoms with Crippen LogP contribution in [-0.4, -0.2) is 10.2 Å². The third-order valence-electron chi connectivity index (χ3n) is 2.38. The first-order valence-electron chi connectivity index (χ1n) is 4.65. The van der Waals surface area contributed by atoms with E-state index in [1.807, 2.05) is 13.8 Å². The van der Waals surface area contributed by atoms with Crippen LogP contribution in [0.2, 0.25) is 0 Å². The van der Waals surface area contributed by atoms with Crippen molar-refractivity contribution < 1.29 is 0 Å². The Hall–Kier alpha value is -0.920. The summed E-state index contributed by atoms with van der Waals surface area (Å²) in [5.74, 6) is 0. The van der Waals surface area contributed by atoms with E-state index in [0.29, 0.717) is 0 Å². The van der Waals surface area contributed by atoms with Crippen molar-refractivity contribution in [3.63, 3.8) is 0 Å². The monoisotopic (exact) mass is 178 g/mol. The molecule has 0 saturated heterocycles. The first-order chi connectivity index (χ1) is 5.84. The molecular weight excluding hydrogens is 160 g/mol. The Morgan fingerprint density at radius 2 is 1.31 bits per heavy atom. The van der Waals surface area contributed by atoms with Crippen LogP contribution in [0.4, 0.5) is 0 Å². The molecule has 0 radical (unpaired) electrons. The molecule has 1 rings (SSSR count). The number of nitrogens with zero attached hydrogens (tertiary/aromatic N) is 2. The predicted octanol–water partition coefficient (Wildman–Crippen LogP) is 2.70. The molecule has 1 heterocycles. The van der Waals surface area contributed by atoms with Crippen LogP contribution in [0.15, 0.2) is 0 Å². The highest BCUT2D eigenvalue weighted by Gasteiger charge is 2.20. The Bertz CT molecular complexity index is 322. The van der Waals surface area contributed by atoms with E-state index in [0.717, 1.165) is 11.4 Å². The Labute approximate surface area is 80.4 Å². The molecule has 0 saturated carbocycles. The van der Waals surface area contributed by atoms with Gasteiger partial charge >= 0.3 is 0 Å². The van der Waals surface area contributed by atoms with Gasteiger partial charge in [-0.1, -0.05) is 20.8 Å². The number of aromatic nitrogens is 2. The molecule has 2 heteroatoms. The standard InChI is InChI=1S/C11H18N2/c1-7-8(2)12-13-9(3)10(7)11(4,5)6/h1-6H3. The van der Waals surface area contributed by atoms with Crippen LogP contribution in [0.3, 0.4) is 0 Å². The largest absolute Gasteiger partial charge is 0.155 e. The fourth-order valence-electron chi connectivity index (χ4n) is 1.83. The Morgan fingerprint density at radius 3 is 1.69 bits per heavy atom. The lowest BCUT2D eigenvalue weighted by molar-refractivity contribution is 0.572. The average Bonchev–Trinajstić information content (AvgIpc) is 1.95. The fourth-order valence-corrected chi connectivity index (χ4v) is 1.83. The summed E-state index contributed by atoms with van der Waals surface area (Å²) >= 11 is 0. The van der Waals surface area contributed by atoms with Crippen molar-refractivity contribution in [2.45, 2.75) is 47.0 Å². The second-order valence-corrected chi connectivity index (χ2v) is 4.62. The SMILES string of the molecule is Cc1nnc(C)c(C(C)(C)C)c1C. The van der Waals surface area contributed by atoms with Gasteiger partial charge in [0.1, 0.15) is 0 Å². The molecule has 2 nitrogen and oxygen atoms in total. The smallest absolute Gasteiger partial charge is 0.0640 e. The maximum absolute atomic E-state index is 4.16. The molecule has 0 spiro atoms. The van der Waals surface area contributed by atoms with Crippen molar-refractivity contribution in [3.05, 3.63) is 22.5 Å². The Balaban J connectivity index is 3.43. The van der Waals surface area contributed by atoms with Crippen LogP contribution in [0.1, 0.15) is 43.3 Å². The van der Waals surface area contributed by atoms with Gasteiger partial charge in [0, 0.05) is 0 Å². The first kappa shape index (κ1) is 10.2. The summed E-state index contributed by atoms with van der Waals surface area (Å²) in [4.78, 5) is 0. The molecule has 0 unspecified atom stereocenters. The number of aryl methyl sites for hydroxylation is 2. The molecule has 13 heavy (non-hydrogen) atoms. The second kappa shape index (κ2) is 3.09. The van der Waals surface area contributed by atoms with E-state index in [4.69, 9.17) is 0 Å². The van der Waals surface area contributed by atoms with Gasteiger partial charge in [0.15, 0.2) is 0 Å². The van der Waals surface area contributed by atoms with E-state index in [2.05, 4.69) is 37.9 Å². The summed E-state index contributed by atoms with van der Waals surface area (Å²) < 4.78 is 0. The molecule has 1 aromatic heterocycles. The van der Waals surface area contributed by atoms with E-state index in [1.165, 1.54) is 11.1 Å². The van der Waals surface area contributed by atoms with Gasteiger partial charge in [-0.25, -0.2) is 0 Å². The maximum Gasteiger partial charge on any atom is 0.0640 e. The van der Waals surface area contributed by atoms with Gasteiger partial charge in [-0.05, 0) is 37.3 Å². The van der Waals surface area contributed by atoms with E-state index >= 15 is 0 Å². The van der Waals surface area contributed by atoms with Crippen LogP contribution in [0, 0.1) is 20.8 Å². The molecule has 0 amide bonds. The van der Waals surface area contributed by atoms with Crippen LogP contribution in [0.25, 0.3) is 0 Å². The van der Waals surface area contributed by atoms with Crippen molar-refractivity contribution in [1.82, 2.24) is 10.2 Å². The van der Waals surface area contributed by atoms with Gasteiger partial charge in [0.2, 0.25) is 0 Å². The summed E-state index contributed by atoms with van der Waals surface area (Å²) in [5.41, 5.74) is 4.86. The van der Waals surface area contributed by atoms with Gasteiger partial charge < -0.3 is 0 Å². The van der Waals surface area contributed by atoms with Crippen molar-refractivity contribution in [2.75, 3.05) is 0 Å². The maximum atomic E-state index is 4.16. The molecule has 72 valence electrons. The average molecular weight is 178 g/mol. The molecule has 1 aromatic rings. The summed E-state index contributed by atoms with van der Waals surface area (Å²) in [6.45, 7) is 12.8. The predicted molar refractivity (Wildman–Crippen MR) is 54.9 cm³/mol. The van der Waals surface area contributed by atoms with Gasteiger partial charge in [0.25, 0.3) is 0 Å². The summed E-state index contributed by atoms with van der Waals surface area (Å²) in [6, 6.07) is 0. The van der Waals surface area contributed by atoms with Crippen molar-refractivity contribution in [3.8, 4) is 0 Å². The van der Waals surface area contributed by atoms with Gasteiger partial charge in [-0.15, -0.1) is 0 Å². The highest BCUT2D eigenvalue weighted by atomic mass is 15.1. The number of rotatable bonds is 0. The van der Waals surface area contributed by atoms with Gasteiger partial charge in [0.05, 0.1) is 11.4 Å². The van der Waals surface area contributed by atoms with E-state index in [1.54, 1.807) is 0 Å². The van der Waals surface area contributed by atoms with Gasteiger partial charge in [-0.2, -0.15) is 10.2 Å². The quantitative estimate of drug-likeness (QED) is 0.610. The van der Waals surface area contributed by atoms with Crippen molar-refractivity contribution >= 4 is 0 Å². The van der Waals surface area contributed by atoms with Crippen molar-refractivity contribution in [2.24, 2.45) is 0 Å². The zero-order valence-corrected chi connectivity index (χ0v) is 9.39. The zero-order chi connectivity index (χ0) is 10.2. The number of hydrogen-bond acceptors (Lipinski definition) is 2. The minimum absolute atomic E-state index is 0.162. The lowest BCUT2D eigenvalue weighted by atomic mass is 9.83. The minimum Gasteiger partial charge on any atom is -0.155 e. The Kier molecular flexibility index (Phi) is 2.42. The zero-order valence-electron chi connectivity index (χ0n) is 9.39.